The standard InChI is InChI=1S/C14H11ClF2N2S/c1-8-6-9(2-4-12(8)16)18-14(20)19-10-3-5-13(17)11(15)7-10/h2-7H,1H3,(H2,18,19,20). The minimum Gasteiger partial charge on any atom is -0.332 e. The summed E-state index contributed by atoms with van der Waals surface area (Å²) in [6.07, 6.45) is 0. The lowest BCUT2D eigenvalue weighted by molar-refractivity contribution is 0.619. The van der Waals surface area contributed by atoms with Crippen LogP contribution in [-0.2, 0) is 0 Å². The Hall–Kier alpha value is -1.72. The van der Waals surface area contributed by atoms with Crippen LogP contribution >= 0.6 is 23.8 Å². The highest BCUT2D eigenvalue weighted by Crippen LogP contribution is 2.20. The number of anilines is 2. The highest BCUT2D eigenvalue weighted by Gasteiger charge is 2.04. The van der Waals surface area contributed by atoms with Gasteiger partial charge < -0.3 is 10.6 Å². The topological polar surface area (TPSA) is 24.1 Å². The van der Waals surface area contributed by atoms with E-state index in [0.29, 0.717) is 22.1 Å². The van der Waals surface area contributed by atoms with Crippen LogP contribution in [0.4, 0.5) is 20.2 Å². The summed E-state index contributed by atoms with van der Waals surface area (Å²) in [7, 11) is 0. The molecule has 2 N–H and O–H groups in total. The lowest BCUT2D eigenvalue weighted by atomic mass is 10.2. The Bertz CT molecular complexity index is 606. The van der Waals surface area contributed by atoms with Crippen molar-refractivity contribution in [2.75, 3.05) is 10.6 Å². The first-order chi connectivity index (χ1) is 9.45. The van der Waals surface area contributed by atoms with Gasteiger partial charge in [-0.2, -0.15) is 0 Å². The predicted octanol–water partition coefficient (Wildman–Crippen LogP) is 4.74. The van der Waals surface area contributed by atoms with E-state index in [0.717, 1.165) is 0 Å². The van der Waals surface area contributed by atoms with Gasteiger partial charge in [-0.25, -0.2) is 8.78 Å². The maximum Gasteiger partial charge on any atom is 0.175 e. The fourth-order valence-corrected chi connectivity index (χ4v) is 2.01. The summed E-state index contributed by atoms with van der Waals surface area (Å²) in [6.45, 7) is 1.66. The summed E-state index contributed by atoms with van der Waals surface area (Å²) >= 11 is 10.8. The normalized spacial score (nSPS) is 10.2. The second kappa shape index (κ2) is 6.15. The van der Waals surface area contributed by atoms with Crippen molar-refractivity contribution >= 4 is 40.3 Å². The van der Waals surface area contributed by atoms with Gasteiger partial charge in [-0.3, -0.25) is 0 Å². The van der Waals surface area contributed by atoms with Gasteiger partial charge in [0.2, 0.25) is 0 Å². The molecule has 0 aliphatic carbocycles. The molecule has 0 aliphatic rings. The zero-order chi connectivity index (χ0) is 14.7. The summed E-state index contributed by atoms with van der Waals surface area (Å²) in [6, 6.07) is 8.77. The van der Waals surface area contributed by atoms with Crippen molar-refractivity contribution in [3.8, 4) is 0 Å². The van der Waals surface area contributed by atoms with Crippen molar-refractivity contribution in [1.29, 1.82) is 0 Å². The summed E-state index contributed by atoms with van der Waals surface area (Å²) in [4.78, 5) is 0. The van der Waals surface area contributed by atoms with Crippen LogP contribution in [0.5, 0.6) is 0 Å². The molecule has 2 aromatic rings. The minimum absolute atomic E-state index is 0.00965. The number of halogens is 3. The molecular formula is C14H11ClF2N2S. The average Bonchev–Trinajstić information content (AvgIpc) is 2.38. The van der Waals surface area contributed by atoms with E-state index >= 15 is 0 Å². The maximum absolute atomic E-state index is 13.1. The molecule has 0 fully saturated rings. The van der Waals surface area contributed by atoms with Crippen molar-refractivity contribution in [2.45, 2.75) is 6.92 Å². The van der Waals surface area contributed by atoms with E-state index in [4.69, 9.17) is 23.8 Å². The molecule has 0 saturated carbocycles. The molecular weight excluding hydrogens is 302 g/mol. The molecule has 104 valence electrons. The van der Waals surface area contributed by atoms with Crippen molar-refractivity contribution in [3.63, 3.8) is 0 Å². The van der Waals surface area contributed by atoms with Crippen LogP contribution in [-0.4, -0.2) is 5.11 Å². The number of thiocarbonyl (C=S) groups is 1. The molecule has 0 atom stereocenters. The first-order valence-electron chi connectivity index (χ1n) is 5.75. The van der Waals surface area contributed by atoms with Gasteiger partial charge in [0.05, 0.1) is 5.02 Å². The number of nitrogens with one attached hydrogen (secondary N) is 2. The van der Waals surface area contributed by atoms with Crippen LogP contribution in [0, 0.1) is 18.6 Å². The van der Waals surface area contributed by atoms with E-state index in [2.05, 4.69) is 10.6 Å². The highest BCUT2D eigenvalue weighted by molar-refractivity contribution is 7.80. The maximum atomic E-state index is 13.1. The summed E-state index contributed by atoms with van der Waals surface area (Å²) in [5.74, 6) is -0.773. The van der Waals surface area contributed by atoms with Gasteiger partial charge >= 0.3 is 0 Å². The molecule has 0 amide bonds. The zero-order valence-corrected chi connectivity index (χ0v) is 12.1. The Morgan fingerprint density at radius 2 is 1.55 bits per heavy atom. The smallest absolute Gasteiger partial charge is 0.175 e. The van der Waals surface area contributed by atoms with E-state index in [1.807, 2.05) is 0 Å². The molecule has 2 aromatic carbocycles. The second-order valence-corrected chi connectivity index (χ2v) is 4.99. The molecule has 0 unspecified atom stereocenters. The number of benzene rings is 2. The molecule has 0 radical (unpaired) electrons. The Labute approximate surface area is 125 Å². The fraction of sp³-hybridized carbons (Fsp3) is 0.0714. The van der Waals surface area contributed by atoms with E-state index in [-0.39, 0.29) is 10.8 Å². The summed E-state index contributed by atoms with van der Waals surface area (Å²) in [5, 5.41) is 6.09. The highest BCUT2D eigenvalue weighted by atomic mass is 35.5. The molecule has 0 heterocycles. The third kappa shape index (κ3) is 3.65. The van der Waals surface area contributed by atoms with Crippen LogP contribution in [0.3, 0.4) is 0 Å². The lowest BCUT2D eigenvalue weighted by Crippen LogP contribution is -2.19. The number of hydrogen-bond donors (Lipinski definition) is 2. The molecule has 20 heavy (non-hydrogen) atoms. The van der Waals surface area contributed by atoms with Gasteiger partial charge in [0.15, 0.2) is 5.11 Å². The molecule has 0 aliphatic heterocycles. The van der Waals surface area contributed by atoms with Crippen molar-refractivity contribution < 1.29 is 8.78 Å². The predicted molar refractivity (Wildman–Crippen MR) is 82.4 cm³/mol. The van der Waals surface area contributed by atoms with E-state index < -0.39 is 5.82 Å². The Kier molecular flexibility index (Phi) is 4.52. The number of rotatable bonds is 2. The van der Waals surface area contributed by atoms with E-state index in [1.165, 1.54) is 24.3 Å². The number of hydrogen-bond acceptors (Lipinski definition) is 1. The monoisotopic (exact) mass is 312 g/mol. The van der Waals surface area contributed by atoms with Gasteiger partial charge in [-0.05, 0) is 61.1 Å². The Morgan fingerprint density at radius 3 is 2.10 bits per heavy atom. The molecule has 0 saturated heterocycles. The van der Waals surface area contributed by atoms with Gasteiger partial charge in [-0.1, -0.05) is 11.6 Å². The number of aryl methyl sites for hydroxylation is 1. The van der Waals surface area contributed by atoms with Gasteiger partial charge in [-0.15, -0.1) is 0 Å². The van der Waals surface area contributed by atoms with Crippen LogP contribution in [0.2, 0.25) is 5.02 Å². The average molecular weight is 313 g/mol. The van der Waals surface area contributed by atoms with Crippen molar-refractivity contribution in [2.24, 2.45) is 0 Å². The third-order valence-electron chi connectivity index (χ3n) is 2.59. The molecule has 2 rings (SSSR count). The Morgan fingerprint density at radius 1 is 1.00 bits per heavy atom. The quantitative estimate of drug-likeness (QED) is 0.784. The van der Waals surface area contributed by atoms with Gasteiger partial charge in [0.25, 0.3) is 0 Å². The first-order valence-corrected chi connectivity index (χ1v) is 6.53. The molecule has 2 nitrogen and oxygen atoms in total. The Balaban J connectivity index is 2.04. The van der Waals surface area contributed by atoms with E-state index in [1.54, 1.807) is 19.1 Å². The van der Waals surface area contributed by atoms with Crippen LogP contribution in [0.1, 0.15) is 5.56 Å². The molecule has 0 spiro atoms. The summed E-state index contributed by atoms with van der Waals surface area (Å²) < 4.78 is 26.2. The van der Waals surface area contributed by atoms with Crippen molar-refractivity contribution in [1.82, 2.24) is 0 Å². The van der Waals surface area contributed by atoms with Gasteiger partial charge in [0.1, 0.15) is 11.6 Å². The summed E-state index contributed by atoms with van der Waals surface area (Å²) in [5.41, 5.74) is 1.74. The first kappa shape index (κ1) is 14.7. The minimum atomic E-state index is -0.495. The fourth-order valence-electron chi connectivity index (χ4n) is 1.59. The molecule has 6 heteroatoms. The van der Waals surface area contributed by atoms with Gasteiger partial charge in [0, 0.05) is 11.4 Å². The lowest BCUT2D eigenvalue weighted by Gasteiger charge is -2.11. The van der Waals surface area contributed by atoms with Crippen LogP contribution < -0.4 is 10.6 Å². The molecule has 0 aromatic heterocycles. The van der Waals surface area contributed by atoms with Crippen LogP contribution in [0.15, 0.2) is 36.4 Å². The largest absolute Gasteiger partial charge is 0.332 e. The second-order valence-electron chi connectivity index (χ2n) is 4.17. The zero-order valence-electron chi connectivity index (χ0n) is 10.5. The molecule has 0 bridgehead atoms. The SMILES string of the molecule is Cc1cc(NC(=S)Nc2ccc(F)c(Cl)c2)ccc1F. The van der Waals surface area contributed by atoms with Crippen molar-refractivity contribution in [3.05, 3.63) is 58.6 Å². The van der Waals surface area contributed by atoms with E-state index in [9.17, 15) is 8.78 Å². The van der Waals surface area contributed by atoms with Crippen LogP contribution in [0.25, 0.3) is 0 Å². The third-order valence-corrected chi connectivity index (χ3v) is 3.09.